The minimum Gasteiger partial charge on any atom is -0.408 e. The van der Waals surface area contributed by atoms with Crippen molar-refractivity contribution >= 4 is 28.4 Å². The van der Waals surface area contributed by atoms with Crippen LogP contribution in [0.5, 0.6) is 0 Å². The van der Waals surface area contributed by atoms with Crippen molar-refractivity contribution in [3.63, 3.8) is 0 Å². The van der Waals surface area contributed by atoms with E-state index in [0.29, 0.717) is 5.69 Å². The van der Waals surface area contributed by atoms with Gasteiger partial charge in [-0.3, -0.25) is 19.5 Å². The van der Waals surface area contributed by atoms with Crippen LogP contribution < -0.4 is 11.1 Å². The summed E-state index contributed by atoms with van der Waals surface area (Å²) in [5.74, 6) is -1.17. The summed E-state index contributed by atoms with van der Waals surface area (Å²) in [4.78, 5) is 35.0. The third-order valence-electron chi connectivity index (χ3n) is 4.17. The smallest absolute Gasteiger partial charge is 0.408 e. The molecule has 1 amide bonds. The van der Waals surface area contributed by atoms with Gasteiger partial charge in [0.1, 0.15) is 6.54 Å². The maximum atomic E-state index is 12.5. The van der Waals surface area contributed by atoms with Crippen LogP contribution in [0.15, 0.2) is 51.7 Å². The normalized spacial score (nSPS) is 11.5. The van der Waals surface area contributed by atoms with Crippen molar-refractivity contribution in [2.75, 3.05) is 5.32 Å². The van der Waals surface area contributed by atoms with E-state index >= 15 is 0 Å². The molecule has 2 aromatic carbocycles. The first kappa shape index (κ1) is 18.4. The molecule has 1 N–H and O–H groups in total. The number of nitrogens with zero attached hydrogens (tertiary/aromatic N) is 2. The Bertz CT molecular complexity index is 1090. The van der Waals surface area contributed by atoms with Gasteiger partial charge in [0, 0.05) is 17.8 Å². The molecule has 0 unspecified atom stereocenters. The Morgan fingerprint density at radius 2 is 1.93 bits per heavy atom. The molecular formula is C19H19N3O5. The fourth-order valence-corrected chi connectivity index (χ4v) is 2.89. The maximum absolute atomic E-state index is 12.5. The number of fused-ring (bicyclic) bond motifs is 1. The van der Waals surface area contributed by atoms with Crippen LogP contribution >= 0.6 is 0 Å². The molecule has 27 heavy (non-hydrogen) atoms. The van der Waals surface area contributed by atoms with Crippen molar-refractivity contribution in [3.05, 3.63) is 68.7 Å². The standard InChI is InChI=1S/C19H19N3O5/c1-19(2,3)13-6-4-5-7-14(13)20-17(23)11-21-15-10-12(22(25)26)8-9-16(15)27-18(21)24/h4-10H,11H2,1-3H3,(H,20,23). The average molecular weight is 369 g/mol. The second-order valence-electron chi connectivity index (χ2n) is 7.21. The van der Waals surface area contributed by atoms with Gasteiger partial charge in [-0.25, -0.2) is 4.79 Å². The summed E-state index contributed by atoms with van der Waals surface area (Å²) in [7, 11) is 0. The fourth-order valence-electron chi connectivity index (χ4n) is 2.89. The first-order valence-electron chi connectivity index (χ1n) is 8.34. The SMILES string of the molecule is CC(C)(C)c1ccccc1NC(=O)Cn1c(=O)oc2ccc([N+](=O)[O-])cc21. The van der Waals surface area contributed by atoms with Crippen molar-refractivity contribution in [1.29, 1.82) is 0 Å². The van der Waals surface area contributed by atoms with Crippen molar-refractivity contribution in [3.8, 4) is 0 Å². The highest BCUT2D eigenvalue weighted by Crippen LogP contribution is 2.29. The molecule has 0 bridgehead atoms. The third-order valence-corrected chi connectivity index (χ3v) is 4.17. The molecule has 0 aliphatic carbocycles. The summed E-state index contributed by atoms with van der Waals surface area (Å²) in [6.07, 6.45) is 0. The third kappa shape index (κ3) is 3.74. The number of amides is 1. The van der Waals surface area contributed by atoms with E-state index < -0.39 is 16.6 Å². The summed E-state index contributed by atoms with van der Waals surface area (Å²) in [5.41, 5.74) is 1.64. The van der Waals surface area contributed by atoms with Crippen LogP contribution in [0.25, 0.3) is 11.1 Å². The summed E-state index contributed by atoms with van der Waals surface area (Å²) in [6, 6.07) is 11.2. The molecule has 0 atom stereocenters. The molecule has 0 aliphatic heterocycles. The predicted octanol–water partition coefficient (Wildman–Crippen LogP) is 3.44. The first-order chi connectivity index (χ1) is 12.7. The zero-order chi connectivity index (χ0) is 19.8. The topological polar surface area (TPSA) is 107 Å². The lowest BCUT2D eigenvalue weighted by atomic mass is 9.86. The van der Waals surface area contributed by atoms with E-state index in [4.69, 9.17) is 4.42 Å². The number of oxazole rings is 1. The van der Waals surface area contributed by atoms with Crippen LogP contribution in [0.4, 0.5) is 11.4 Å². The molecule has 0 saturated carbocycles. The number of carbonyl (C=O) groups excluding carboxylic acids is 1. The first-order valence-corrected chi connectivity index (χ1v) is 8.34. The summed E-state index contributed by atoms with van der Waals surface area (Å²) in [6.45, 7) is 5.78. The minimum atomic E-state index is -0.746. The van der Waals surface area contributed by atoms with E-state index in [1.54, 1.807) is 6.07 Å². The molecule has 0 fully saturated rings. The number of nitro benzene ring substituents is 1. The zero-order valence-electron chi connectivity index (χ0n) is 15.2. The Morgan fingerprint density at radius 3 is 2.59 bits per heavy atom. The number of benzene rings is 2. The van der Waals surface area contributed by atoms with Gasteiger partial charge in [-0.2, -0.15) is 0 Å². The average Bonchev–Trinajstić information content (AvgIpc) is 2.89. The summed E-state index contributed by atoms with van der Waals surface area (Å²) in [5, 5.41) is 13.8. The van der Waals surface area contributed by atoms with Gasteiger partial charge in [0.2, 0.25) is 5.91 Å². The minimum absolute atomic E-state index is 0.177. The number of nitro groups is 1. The number of carbonyl (C=O) groups is 1. The second-order valence-corrected chi connectivity index (χ2v) is 7.21. The largest absolute Gasteiger partial charge is 0.420 e. The highest BCUT2D eigenvalue weighted by molar-refractivity contribution is 5.92. The van der Waals surface area contributed by atoms with E-state index in [2.05, 4.69) is 5.32 Å². The summed E-state index contributed by atoms with van der Waals surface area (Å²) < 4.78 is 6.15. The van der Waals surface area contributed by atoms with Crippen LogP contribution in [0.3, 0.4) is 0 Å². The van der Waals surface area contributed by atoms with Crippen molar-refractivity contribution in [2.45, 2.75) is 32.7 Å². The number of aromatic nitrogens is 1. The van der Waals surface area contributed by atoms with Crippen LogP contribution in [-0.2, 0) is 16.8 Å². The lowest BCUT2D eigenvalue weighted by Crippen LogP contribution is -2.26. The number of para-hydroxylation sites is 1. The molecule has 3 aromatic rings. The van der Waals surface area contributed by atoms with Crippen molar-refractivity contribution in [1.82, 2.24) is 4.57 Å². The molecule has 8 heteroatoms. The maximum Gasteiger partial charge on any atom is 0.420 e. The number of rotatable bonds is 4. The number of non-ortho nitro benzene ring substituents is 1. The van der Waals surface area contributed by atoms with E-state index in [9.17, 15) is 19.7 Å². The van der Waals surface area contributed by atoms with Crippen LogP contribution in [0.2, 0.25) is 0 Å². The van der Waals surface area contributed by atoms with Crippen molar-refractivity contribution in [2.24, 2.45) is 0 Å². The Morgan fingerprint density at radius 1 is 1.22 bits per heavy atom. The lowest BCUT2D eigenvalue weighted by molar-refractivity contribution is -0.384. The van der Waals surface area contributed by atoms with E-state index in [0.717, 1.165) is 10.1 Å². The summed E-state index contributed by atoms with van der Waals surface area (Å²) >= 11 is 0. The van der Waals surface area contributed by atoms with Gasteiger partial charge in [-0.05, 0) is 23.1 Å². The van der Waals surface area contributed by atoms with Gasteiger partial charge < -0.3 is 9.73 Å². The van der Waals surface area contributed by atoms with Crippen LogP contribution in [0.1, 0.15) is 26.3 Å². The Kier molecular flexibility index (Phi) is 4.57. The molecule has 1 aromatic heterocycles. The Hall–Kier alpha value is -3.42. The van der Waals surface area contributed by atoms with Gasteiger partial charge in [-0.15, -0.1) is 0 Å². The van der Waals surface area contributed by atoms with Crippen LogP contribution in [-0.4, -0.2) is 15.4 Å². The number of nitrogens with one attached hydrogen (secondary N) is 1. The quantitative estimate of drug-likeness (QED) is 0.560. The van der Waals surface area contributed by atoms with Gasteiger partial charge >= 0.3 is 5.76 Å². The molecule has 1 heterocycles. The highest BCUT2D eigenvalue weighted by Gasteiger charge is 2.20. The molecule has 0 radical (unpaired) electrons. The number of hydrogen-bond donors (Lipinski definition) is 1. The monoisotopic (exact) mass is 369 g/mol. The van der Waals surface area contributed by atoms with Gasteiger partial charge in [0.25, 0.3) is 5.69 Å². The molecule has 140 valence electrons. The molecule has 3 rings (SSSR count). The molecule has 0 aliphatic rings. The highest BCUT2D eigenvalue weighted by atomic mass is 16.6. The zero-order valence-corrected chi connectivity index (χ0v) is 15.2. The lowest BCUT2D eigenvalue weighted by Gasteiger charge is -2.23. The van der Waals surface area contributed by atoms with Gasteiger partial charge in [-0.1, -0.05) is 39.0 Å². The number of anilines is 1. The van der Waals surface area contributed by atoms with E-state index in [1.165, 1.54) is 18.2 Å². The molecule has 0 saturated heterocycles. The molecular weight excluding hydrogens is 350 g/mol. The van der Waals surface area contributed by atoms with E-state index in [-0.39, 0.29) is 28.7 Å². The van der Waals surface area contributed by atoms with Crippen molar-refractivity contribution < 1.29 is 14.1 Å². The predicted molar refractivity (Wildman–Crippen MR) is 101 cm³/mol. The Balaban J connectivity index is 1.91. The second kappa shape index (κ2) is 6.71. The van der Waals surface area contributed by atoms with Gasteiger partial charge in [0.05, 0.1) is 10.4 Å². The molecule has 0 spiro atoms. The van der Waals surface area contributed by atoms with Gasteiger partial charge in [0.15, 0.2) is 5.58 Å². The Labute approximate surface area is 154 Å². The van der Waals surface area contributed by atoms with E-state index in [1.807, 2.05) is 39.0 Å². The fraction of sp³-hybridized carbons (Fsp3) is 0.263. The van der Waals surface area contributed by atoms with Crippen LogP contribution in [0, 0.1) is 10.1 Å². The number of hydrogen-bond acceptors (Lipinski definition) is 5. The molecule has 8 nitrogen and oxygen atoms in total.